The quantitative estimate of drug-likeness (QED) is 0.642. The van der Waals surface area contributed by atoms with E-state index in [0.29, 0.717) is 0 Å². The third-order valence-electron chi connectivity index (χ3n) is 2.04. The van der Waals surface area contributed by atoms with Crippen molar-refractivity contribution in [2.45, 2.75) is 19.4 Å². The molecule has 0 aliphatic rings. The Morgan fingerprint density at radius 2 is 2.36 bits per heavy atom. The first kappa shape index (κ1) is 11.1. The third kappa shape index (κ3) is 3.85. The Hall–Kier alpha value is -0.940. The summed E-state index contributed by atoms with van der Waals surface area (Å²) in [6, 6.07) is 0. The minimum absolute atomic E-state index is 0.781. The Labute approximate surface area is 84.5 Å². The van der Waals surface area contributed by atoms with Crippen LogP contribution in [-0.4, -0.2) is 35.0 Å². The van der Waals surface area contributed by atoms with E-state index in [4.69, 9.17) is 4.74 Å². The smallest absolute Gasteiger partial charge is 0.146 e. The Balaban J connectivity index is 2.02. The van der Waals surface area contributed by atoms with Crippen molar-refractivity contribution in [1.82, 2.24) is 20.1 Å². The fourth-order valence-corrected chi connectivity index (χ4v) is 1.16. The van der Waals surface area contributed by atoms with Gasteiger partial charge in [0.2, 0.25) is 0 Å². The number of hydrogen-bond donors (Lipinski definition) is 1. The number of aromatic nitrogens is 3. The van der Waals surface area contributed by atoms with Crippen molar-refractivity contribution >= 4 is 0 Å². The molecule has 0 fully saturated rings. The predicted molar refractivity (Wildman–Crippen MR) is 53.8 cm³/mol. The highest BCUT2D eigenvalue weighted by Gasteiger charge is 1.98. The van der Waals surface area contributed by atoms with Gasteiger partial charge < -0.3 is 14.6 Å². The van der Waals surface area contributed by atoms with Gasteiger partial charge in [-0.25, -0.2) is 0 Å². The summed E-state index contributed by atoms with van der Waals surface area (Å²) < 4.78 is 6.88. The molecule has 5 nitrogen and oxygen atoms in total. The molecule has 1 N–H and O–H groups in total. The predicted octanol–water partition coefficient (Wildman–Crippen LogP) is 0.331. The molecule has 80 valence electrons. The van der Waals surface area contributed by atoms with Crippen LogP contribution in [0.4, 0.5) is 0 Å². The van der Waals surface area contributed by atoms with Crippen LogP contribution in [0.15, 0.2) is 6.33 Å². The molecule has 1 aromatic heterocycles. The second kappa shape index (κ2) is 6.50. The lowest BCUT2D eigenvalue weighted by Gasteiger charge is -2.03. The van der Waals surface area contributed by atoms with Crippen LogP contribution in [0, 0.1) is 0 Å². The molecule has 1 heterocycles. The molecule has 0 amide bonds. The topological polar surface area (TPSA) is 52.0 Å². The molecule has 0 atom stereocenters. The molecule has 14 heavy (non-hydrogen) atoms. The van der Waals surface area contributed by atoms with E-state index in [2.05, 4.69) is 15.5 Å². The lowest BCUT2D eigenvalue weighted by molar-refractivity contribution is 0.192. The highest BCUT2D eigenvalue weighted by molar-refractivity contribution is 4.82. The number of unbranched alkanes of at least 4 members (excludes halogenated alkanes) is 1. The van der Waals surface area contributed by atoms with Crippen molar-refractivity contribution < 1.29 is 4.74 Å². The van der Waals surface area contributed by atoms with Gasteiger partial charge in [0.25, 0.3) is 0 Å². The summed E-state index contributed by atoms with van der Waals surface area (Å²) in [6.07, 6.45) is 3.94. The number of aryl methyl sites for hydroxylation is 1. The van der Waals surface area contributed by atoms with Gasteiger partial charge in [0.05, 0.1) is 6.54 Å². The summed E-state index contributed by atoms with van der Waals surface area (Å²) in [5.41, 5.74) is 0. The highest BCUT2D eigenvalue weighted by atomic mass is 16.5. The summed E-state index contributed by atoms with van der Waals surface area (Å²) in [7, 11) is 3.68. The fourth-order valence-electron chi connectivity index (χ4n) is 1.16. The summed E-state index contributed by atoms with van der Waals surface area (Å²) in [5, 5.41) is 11.1. The van der Waals surface area contributed by atoms with Crippen LogP contribution < -0.4 is 5.32 Å². The molecule has 5 heteroatoms. The van der Waals surface area contributed by atoms with Gasteiger partial charge in [-0.05, 0) is 19.4 Å². The van der Waals surface area contributed by atoms with E-state index in [0.717, 1.165) is 38.4 Å². The van der Waals surface area contributed by atoms with Crippen LogP contribution in [0.5, 0.6) is 0 Å². The second-order valence-corrected chi connectivity index (χ2v) is 3.23. The molecule has 0 radical (unpaired) electrons. The first-order valence-corrected chi connectivity index (χ1v) is 4.87. The number of ether oxygens (including phenoxy) is 1. The molecule has 0 bridgehead atoms. The molecular formula is C9H18N4O. The summed E-state index contributed by atoms with van der Waals surface area (Å²) in [4.78, 5) is 0. The molecule has 1 aromatic rings. The molecular weight excluding hydrogens is 180 g/mol. The molecule has 0 saturated carbocycles. The third-order valence-corrected chi connectivity index (χ3v) is 2.04. The highest BCUT2D eigenvalue weighted by Crippen LogP contribution is 1.91. The van der Waals surface area contributed by atoms with Gasteiger partial charge in [-0.1, -0.05) is 0 Å². The number of nitrogens with one attached hydrogen (secondary N) is 1. The van der Waals surface area contributed by atoms with Gasteiger partial charge in [-0.15, -0.1) is 10.2 Å². The zero-order valence-electron chi connectivity index (χ0n) is 8.86. The molecule has 0 spiro atoms. The van der Waals surface area contributed by atoms with Crippen molar-refractivity contribution in [3.05, 3.63) is 12.2 Å². The zero-order chi connectivity index (χ0) is 10.2. The Bertz CT molecular complexity index is 249. The standard InChI is InChI=1S/C9H18N4O/c1-13-8-11-12-9(13)7-10-5-3-4-6-14-2/h8,10H,3-7H2,1-2H3. The van der Waals surface area contributed by atoms with Crippen LogP contribution in [-0.2, 0) is 18.3 Å². The van der Waals surface area contributed by atoms with E-state index >= 15 is 0 Å². The number of hydrogen-bond acceptors (Lipinski definition) is 4. The minimum Gasteiger partial charge on any atom is -0.385 e. The van der Waals surface area contributed by atoms with Crippen molar-refractivity contribution in [2.24, 2.45) is 7.05 Å². The van der Waals surface area contributed by atoms with Crippen LogP contribution >= 0.6 is 0 Å². The Kier molecular flexibility index (Phi) is 5.17. The van der Waals surface area contributed by atoms with E-state index in [-0.39, 0.29) is 0 Å². The molecule has 0 aromatic carbocycles. The molecule has 1 rings (SSSR count). The van der Waals surface area contributed by atoms with E-state index in [1.54, 1.807) is 13.4 Å². The lowest BCUT2D eigenvalue weighted by Crippen LogP contribution is -2.17. The average Bonchev–Trinajstić information content (AvgIpc) is 2.58. The molecule has 0 aliphatic carbocycles. The maximum absolute atomic E-state index is 4.96. The molecule has 0 saturated heterocycles. The maximum atomic E-state index is 4.96. The summed E-state index contributed by atoms with van der Waals surface area (Å²) >= 11 is 0. The minimum atomic E-state index is 0.781. The normalized spacial score (nSPS) is 10.7. The van der Waals surface area contributed by atoms with E-state index in [1.165, 1.54) is 0 Å². The van der Waals surface area contributed by atoms with Gasteiger partial charge in [0, 0.05) is 20.8 Å². The lowest BCUT2D eigenvalue weighted by atomic mass is 10.3. The van der Waals surface area contributed by atoms with Gasteiger partial charge in [-0.2, -0.15) is 0 Å². The Morgan fingerprint density at radius 3 is 3.00 bits per heavy atom. The number of methoxy groups -OCH3 is 1. The van der Waals surface area contributed by atoms with Gasteiger partial charge in [0.1, 0.15) is 12.2 Å². The van der Waals surface area contributed by atoms with Crippen molar-refractivity contribution in [1.29, 1.82) is 0 Å². The van der Waals surface area contributed by atoms with E-state index in [1.807, 2.05) is 11.6 Å². The van der Waals surface area contributed by atoms with Gasteiger partial charge in [-0.3, -0.25) is 0 Å². The van der Waals surface area contributed by atoms with Crippen LogP contribution in [0.3, 0.4) is 0 Å². The largest absolute Gasteiger partial charge is 0.385 e. The fraction of sp³-hybridized carbons (Fsp3) is 0.778. The summed E-state index contributed by atoms with van der Waals surface area (Å²) in [6.45, 7) is 2.62. The van der Waals surface area contributed by atoms with E-state index < -0.39 is 0 Å². The molecule has 0 aliphatic heterocycles. The van der Waals surface area contributed by atoms with Crippen molar-refractivity contribution in [3.8, 4) is 0 Å². The first-order valence-electron chi connectivity index (χ1n) is 4.87. The zero-order valence-corrected chi connectivity index (χ0v) is 8.86. The maximum Gasteiger partial charge on any atom is 0.146 e. The first-order chi connectivity index (χ1) is 6.84. The summed E-state index contributed by atoms with van der Waals surface area (Å²) in [5.74, 6) is 0.969. The van der Waals surface area contributed by atoms with E-state index in [9.17, 15) is 0 Å². The van der Waals surface area contributed by atoms with Crippen LogP contribution in [0.1, 0.15) is 18.7 Å². The van der Waals surface area contributed by atoms with Gasteiger partial charge in [0.15, 0.2) is 0 Å². The average molecular weight is 198 g/mol. The van der Waals surface area contributed by atoms with Crippen molar-refractivity contribution in [2.75, 3.05) is 20.3 Å². The van der Waals surface area contributed by atoms with Crippen LogP contribution in [0.25, 0.3) is 0 Å². The monoisotopic (exact) mass is 198 g/mol. The second-order valence-electron chi connectivity index (χ2n) is 3.23. The number of nitrogens with zero attached hydrogens (tertiary/aromatic N) is 3. The molecule has 0 unspecified atom stereocenters. The van der Waals surface area contributed by atoms with Gasteiger partial charge >= 0.3 is 0 Å². The van der Waals surface area contributed by atoms with Crippen molar-refractivity contribution in [3.63, 3.8) is 0 Å². The number of rotatable bonds is 7. The Morgan fingerprint density at radius 1 is 1.50 bits per heavy atom. The SMILES string of the molecule is COCCCCNCc1nncn1C. The van der Waals surface area contributed by atoms with Crippen LogP contribution in [0.2, 0.25) is 0 Å².